The quantitative estimate of drug-likeness (QED) is 0.887. The number of hydrogen-bond acceptors (Lipinski definition) is 4. The second-order valence-corrected chi connectivity index (χ2v) is 6.42. The molecule has 1 N–H and O–H groups in total. The van der Waals surface area contributed by atoms with E-state index < -0.39 is 0 Å². The van der Waals surface area contributed by atoms with E-state index in [0.717, 1.165) is 37.5 Å². The summed E-state index contributed by atoms with van der Waals surface area (Å²) in [5, 5.41) is 13.2. The van der Waals surface area contributed by atoms with Crippen LogP contribution in [-0.4, -0.2) is 26.7 Å². The molecule has 1 fully saturated rings. The summed E-state index contributed by atoms with van der Waals surface area (Å²) in [7, 11) is 1.69. The van der Waals surface area contributed by atoms with Crippen LogP contribution in [0, 0.1) is 17.2 Å². The summed E-state index contributed by atoms with van der Waals surface area (Å²) in [4.78, 5) is 2.38. The molecule has 0 saturated carbocycles. The summed E-state index contributed by atoms with van der Waals surface area (Å²) in [6, 6.07) is 15.7. The third-order valence-electron chi connectivity index (χ3n) is 4.39. The molecule has 5 heteroatoms. The molecule has 1 unspecified atom stereocenters. The molecule has 0 spiro atoms. The van der Waals surface area contributed by atoms with E-state index >= 15 is 0 Å². The lowest BCUT2D eigenvalue weighted by Crippen LogP contribution is -2.22. The maximum atomic E-state index is 9.21. The molecule has 1 aliphatic rings. The zero-order chi connectivity index (χ0) is 16.9. The van der Waals surface area contributed by atoms with Crippen LogP contribution in [0.5, 0.6) is 5.75 Å². The third kappa shape index (κ3) is 3.74. The average molecular weight is 342 g/mol. The van der Waals surface area contributed by atoms with E-state index in [4.69, 9.17) is 16.3 Å². The van der Waals surface area contributed by atoms with E-state index in [1.54, 1.807) is 13.2 Å². The van der Waals surface area contributed by atoms with Crippen molar-refractivity contribution in [1.29, 1.82) is 5.26 Å². The van der Waals surface area contributed by atoms with Crippen molar-refractivity contribution in [3.8, 4) is 11.8 Å². The number of ether oxygens (including phenoxy) is 1. The monoisotopic (exact) mass is 341 g/mol. The van der Waals surface area contributed by atoms with Crippen LogP contribution in [0.4, 0.5) is 11.4 Å². The molecule has 1 heterocycles. The smallest absolute Gasteiger partial charge is 0.120 e. The van der Waals surface area contributed by atoms with Gasteiger partial charge in [0.15, 0.2) is 0 Å². The number of rotatable bonds is 5. The lowest BCUT2D eigenvalue weighted by Gasteiger charge is -2.20. The Labute approximate surface area is 147 Å². The van der Waals surface area contributed by atoms with Crippen molar-refractivity contribution >= 4 is 23.0 Å². The molecular formula is C19H20ClN3O. The predicted molar refractivity (Wildman–Crippen MR) is 98.0 cm³/mol. The number of methoxy groups -OCH3 is 1. The number of anilines is 2. The minimum absolute atomic E-state index is 0.540. The second kappa shape index (κ2) is 7.46. The van der Waals surface area contributed by atoms with Gasteiger partial charge in [0.1, 0.15) is 11.8 Å². The Morgan fingerprint density at radius 1 is 1.33 bits per heavy atom. The van der Waals surface area contributed by atoms with Gasteiger partial charge in [-0.25, -0.2) is 0 Å². The van der Waals surface area contributed by atoms with E-state index in [9.17, 15) is 5.26 Å². The first-order valence-electron chi connectivity index (χ1n) is 8.02. The van der Waals surface area contributed by atoms with Crippen LogP contribution in [0.25, 0.3) is 0 Å². The minimum atomic E-state index is 0.540. The highest BCUT2D eigenvalue weighted by molar-refractivity contribution is 6.30. The molecule has 0 aromatic heterocycles. The number of nitrogens with zero attached hydrogens (tertiary/aromatic N) is 2. The minimum Gasteiger partial charge on any atom is -0.497 e. The summed E-state index contributed by atoms with van der Waals surface area (Å²) in [6.07, 6.45) is 1.12. The van der Waals surface area contributed by atoms with Crippen LogP contribution in [0.1, 0.15) is 12.0 Å². The van der Waals surface area contributed by atoms with E-state index in [0.29, 0.717) is 16.5 Å². The molecule has 124 valence electrons. The van der Waals surface area contributed by atoms with Gasteiger partial charge in [-0.1, -0.05) is 17.7 Å². The highest BCUT2D eigenvalue weighted by atomic mass is 35.5. The molecule has 24 heavy (non-hydrogen) atoms. The Kier molecular flexibility index (Phi) is 5.12. The Morgan fingerprint density at radius 2 is 2.21 bits per heavy atom. The van der Waals surface area contributed by atoms with Gasteiger partial charge in [0, 0.05) is 36.4 Å². The van der Waals surface area contributed by atoms with Crippen molar-refractivity contribution < 1.29 is 4.74 Å². The lowest BCUT2D eigenvalue weighted by atomic mass is 10.1. The van der Waals surface area contributed by atoms with Crippen molar-refractivity contribution in [1.82, 2.24) is 0 Å². The Bertz CT molecular complexity index is 757. The van der Waals surface area contributed by atoms with Crippen LogP contribution >= 0.6 is 11.6 Å². The molecular weight excluding hydrogens is 322 g/mol. The van der Waals surface area contributed by atoms with E-state index in [1.807, 2.05) is 24.3 Å². The van der Waals surface area contributed by atoms with Gasteiger partial charge in [-0.15, -0.1) is 0 Å². The van der Waals surface area contributed by atoms with E-state index in [2.05, 4.69) is 28.4 Å². The molecule has 2 aromatic rings. The van der Waals surface area contributed by atoms with Crippen LogP contribution in [-0.2, 0) is 0 Å². The van der Waals surface area contributed by atoms with Gasteiger partial charge in [-0.2, -0.15) is 5.26 Å². The fraction of sp³-hybridized carbons (Fsp3) is 0.316. The van der Waals surface area contributed by atoms with Crippen LogP contribution < -0.4 is 15.0 Å². The number of halogens is 1. The number of hydrogen-bond donors (Lipinski definition) is 1. The summed E-state index contributed by atoms with van der Waals surface area (Å²) < 4.78 is 5.30. The fourth-order valence-corrected chi connectivity index (χ4v) is 3.23. The fourth-order valence-electron chi connectivity index (χ4n) is 3.06. The van der Waals surface area contributed by atoms with Gasteiger partial charge in [0.25, 0.3) is 0 Å². The lowest BCUT2D eigenvalue weighted by molar-refractivity contribution is 0.415. The second-order valence-electron chi connectivity index (χ2n) is 5.98. The molecule has 1 aliphatic heterocycles. The van der Waals surface area contributed by atoms with E-state index in [-0.39, 0.29) is 0 Å². The Balaban J connectivity index is 1.60. The highest BCUT2D eigenvalue weighted by Crippen LogP contribution is 2.27. The molecule has 3 rings (SSSR count). The Morgan fingerprint density at radius 3 is 3.00 bits per heavy atom. The maximum Gasteiger partial charge on any atom is 0.120 e. The molecule has 0 amide bonds. The number of nitrogens with one attached hydrogen (secondary N) is 1. The molecule has 4 nitrogen and oxygen atoms in total. The van der Waals surface area contributed by atoms with Crippen LogP contribution in [0.2, 0.25) is 5.02 Å². The standard InChI is InChI=1S/C19H20ClN3O/c1-24-18-4-2-3-17(10-18)23-8-7-14(13-23)12-22-19-6-5-16(20)9-15(19)11-21/h2-6,9-10,14,22H,7-8,12-13H2,1H3. The van der Waals surface area contributed by atoms with Crippen molar-refractivity contribution in [3.05, 3.63) is 53.1 Å². The molecule has 0 radical (unpaired) electrons. The van der Waals surface area contributed by atoms with Gasteiger partial charge >= 0.3 is 0 Å². The largest absolute Gasteiger partial charge is 0.497 e. The Hall–Kier alpha value is -2.38. The average Bonchev–Trinajstić information content (AvgIpc) is 3.09. The van der Waals surface area contributed by atoms with Gasteiger partial charge in [-0.05, 0) is 42.7 Å². The normalized spacial score (nSPS) is 16.7. The van der Waals surface area contributed by atoms with Crippen molar-refractivity contribution in [2.75, 3.05) is 37.0 Å². The van der Waals surface area contributed by atoms with Crippen molar-refractivity contribution in [2.45, 2.75) is 6.42 Å². The summed E-state index contributed by atoms with van der Waals surface area (Å²) >= 11 is 5.94. The van der Waals surface area contributed by atoms with Gasteiger partial charge < -0.3 is 15.0 Å². The van der Waals surface area contributed by atoms with Gasteiger partial charge in [0.05, 0.1) is 18.4 Å². The summed E-state index contributed by atoms with van der Waals surface area (Å²) in [6.45, 7) is 2.87. The SMILES string of the molecule is COc1cccc(N2CCC(CNc3ccc(Cl)cc3C#N)C2)c1. The van der Waals surface area contributed by atoms with Crippen molar-refractivity contribution in [3.63, 3.8) is 0 Å². The zero-order valence-corrected chi connectivity index (χ0v) is 14.4. The molecule has 0 bridgehead atoms. The van der Waals surface area contributed by atoms with Gasteiger partial charge in [0.2, 0.25) is 0 Å². The molecule has 0 aliphatic carbocycles. The van der Waals surface area contributed by atoms with Crippen LogP contribution in [0.3, 0.4) is 0 Å². The van der Waals surface area contributed by atoms with Crippen molar-refractivity contribution in [2.24, 2.45) is 5.92 Å². The first kappa shape index (κ1) is 16.5. The maximum absolute atomic E-state index is 9.21. The summed E-state index contributed by atoms with van der Waals surface area (Å²) in [5.74, 6) is 1.42. The molecule has 1 saturated heterocycles. The number of benzene rings is 2. The van der Waals surface area contributed by atoms with Gasteiger partial charge in [-0.3, -0.25) is 0 Å². The first-order chi connectivity index (χ1) is 11.7. The highest BCUT2D eigenvalue weighted by Gasteiger charge is 2.23. The first-order valence-corrected chi connectivity index (χ1v) is 8.40. The topological polar surface area (TPSA) is 48.3 Å². The zero-order valence-electron chi connectivity index (χ0n) is 13.6. The predicted octanol–water partition coefficient (Wildman–Crippen LogP) is 4.16. The molecule has 1 atom stereocenters. The van der Waals surface area contributed by atoms with Crippen LogP contribution in [0.15, 0.2) is 42.5 Å². The third-order valence-corrected chi connectivity index (χ3v) is 4.62. The number of nitriles is 1. The molecule has 2 aromatic carbocycles. The van der Waals surface area contributed by atoms with E-state index in [1.165, 1.54) is 5.69 Å². The summed E-state index contributed by atoms with van der Waals surface area (Å²) in [5.41, 5.74) is 2.63.